The smallest absolute Gasteiger partial charge is 0.180 e. The van der Waals surface area contributed by atoms with Crippen LogP contribution in [-0.4, -0.2) is 16.9 Å². The van der Waals surface area contributed by atoms with Crippen LogP contribution in [0.3, 0.4) is 0 Å². The van der Waals surface area contributed by atoms with Crippen molar-refractivity contribution < 1.29 is 0 Å². The highest BCUT2D eigenvalue weighted by atomic mass is 32.1. The zero-order chi connectivity index (χ0) is 13.1. The average molecular weight is 261 g/mol. The van der Waals surface area contributed by atoms with Gasteiger partial charge in [0.25, 0.3) is 0 Å². The van der Waals surface area contributed by atoms with Crippen LogP contribution in [-0.2, 0) is 13.1 Å². The second-order valence-corrected chi connectivity index (χ2v) is 5.91. The summed E-state index contributed by atoms with van der Waals surface area (Å²) in [5, 5.41) is 0.644. The molecule has 4 heteroatoms. The van der Waals surface area contributed by atoms with E-state index in [1.165, 1.54) is 21.6 Å². The number of aryl methyl sites for hydroxylation is 2. The Morgan fingerprint density at radius 3 is 2.72 bits per heavy atom. The van der Waals surface area contributed by atoms with Gasteiger partial charge in [0, 0.05) is 24.2 Å². The highest BCUT2D eigenvalue weighted by Crippen LogP contribution is 2.18. The summed E-state index contributed by atoms with van der Waals surface area (Å²) in [6.07, 6.45) is 1.86. The Kier molecular flexibility index (Phi) is 3.99. The maximum Gasteiger partial charge on any atom is 0.180 e. The Hall–Kier alpha value is -1.39. The molecule has 96 valence electrons. The number of hydrogen-bond acceptors (Lipinski definition) is 4. The van der Waals surface area contributed by atoms with Crippen LogP contribution in [0.4, 0.5) is 5.13 Å². The molecule has 0 amide bonds. The maximum atomic E-state index is 5.64. The number of rotatable bonds is 4. The van der Waals surface area contributed by atoms with E-state index in [-0.39, 0.29) is 0 Å². The molecule has 0 bridgehead atoms. The first-order valence-corrected chi connectivity index (χ1v) is 6.81. The molecule has 18 heavy (non-hydrogen) atoms. The fourth-order valence-corrected chi connectivity index (χ4v) is 2.74. The Morgan fingerprint density at radius 2 is 2.06 bits per heavy atom. The normalized spacial score (nSPS) is 11.1. The Bertz CT molecular complexity index is 534. The number of nitrogens with zero attached hydrogens (tertiary/aromatic N) is 2. The summed E-state index contributed by atoms with van der Waals surface area (Å²) in [4.78, 5) is 7.57. The van der Waals surface area contributed by atoms with Gasteiger partial charge in [0.05, 0.1) is 0 Å². The standard InChI is InChI=1S/C14H19N3S/c1-10-4-5-11(2)12(6-10)8-17(3)9-13-7-16-14(15)18-13/h4-7H,8-9H2,1-3H3,(H2,15,16). The first kappa shape index (κ1) is 13.1. The second-order valence-electron chi connectivity index (χ2n) is 4.77. The van der Waals surface area contributed by atoms with E-state index in [1.807, 2.05) is 6.20 Å². The summed E-state index contributed by atoms with van der Waals surface area (Å²) in [6, 6.07) is 6.60. The molecule has 0 aliphatic rings. The van der Waals surface area contributed by atoms with Gasteiger partial charge in [-0.25, -0.2) is 4.98 Å². The van der Waals surface area contributed by atoms with Crippen LogP contribution in [0, 0.1) is 13.8 Å². The van der Waals surface area contributed by atoms with Crippen LogP contribution in [0.1, 0.15) is 21.6 Å². The zero-order valence-corrected chi connectivity index (χ0v) is 11.9. The number of nitrogens with two attached hydrogens (primary N) is 1. The lowest BCUT2D eigenvalue weighted by molar-refractivity contribution is 0.321. The highest BCUT2D eigenvalue weighted by Gasteiger charge is 2.06. The van der Waals surface area contributed by atoms with E-state index in [0.29, 0.717) is 5.13 Å². The molecule has 1 aromatic heterocycles. The molecule has 2 N–H and O–H groups in total. The Balaban J connectivity index is 2.02. The van der Waals surface area contributed by atoms with Crippen LogP contribution in [0.2, 0.25) is 0 Å². The zero-order valence-electron chi connectivity index (χ0n) is 11.1. The predicted octanol–water partition coefficient (Wildman–Crippen LogP) is 2.97. The molecule has 0 saturated heterocycles. The van der Waals surface area contributed by atoms with Gasteiger partial charge in [-0.1, -0.05) is 23.8 Å². The van der Waals surface area contributed by atoms with Crippen molar-refractivity contribution in [1.82, 2.24) is 9.88 Å². The van der Waals surface area contributed by atoms with Gasteiger partial charge in [-0.05, 0) is 32.0 Å². The van der Waals surface area contributed by atoms with Crippen molar-refractivity contribution in [1.29, 1.82) is 0 Å². The van der Waals surface area contributed by atoms with Crippen molar-refractivity contribution in [2.45, 2.75) is 26.9 Å². The summed E-state index contributed by atoms with van der Waals surface area (Å²) < 4.78 is 0. The quantitative estimate of drug-likeness (QED) is 0.920. The van der Waals surface area contributed by atoms with Crippen LogP contribution in [0.5, 0.6) is 0 Å². The van der Waals surface area contributed by atoms with Gasteiger partial charge in [-0.3, -0.25) is 4.90 Å². The van der Waals surface area contributed by atoms with Crippen molar-refractivity contribution in [3.63, 3.8) is 0 Å². The number of nitrogen functional groups attached to an aromatic ring is 1. The minimum Gasteiger partial charge on any atom is -0.375 e. The lowest BCUT2D eigenvalue weighted by Crippen LogP contribution is -2.17. The molecular formula is C14H19N3S. The summed E-state index contributed by atoms with van der Waals surface area (Å²) in [5.41, 5.74) is 9.68. The number of anilines is 1. The van der Waals surface area contributed by atoms with E-state index < -0.39 is 0 Å². The number of aromatic nitrogens is 1. The first-order chi connectivity index (χ1) is 8.54. The number of benzene rings is 1. The lowest BCUT2D eigenvalue weighted by atomic mass is 10.1. The van der Waals surface area contributed by atoms with Crippen molar-refractivity contribution in [3.8, 4) is 0 Å². The van der Waals surface area contributed by atoms with Crippen LogP contribution in [0.15, 0.2) is 24.4 Å². The molecule has 1 heterocycles. The molecule has 3 nitrogen and oxygen atoms in total. The van der Waals surface area contributed by atoms with E-state index in [0.717, 1.165) is 13.1 Å². The minimum atomic E-state index is 0.644. The van der Waals surface area contributed by atoms with Gasteiger partial charge in [0.1, 0.15) is 0 Å². The fraction of sp³-hybridized carbons (Fsp3) is 0.357. The average Bonchev–Trinajstić information content (AvgIpc) is 2.69. The monoisotopic (exact) mass is 261 g/mol. The van der Waals surface area contributed by atoms with E-state index >= 15 is 0 Å². The molecule has 0 fully saturated rings. The number of hydrogen-bond donors (Lipinski definition) is 1. The van der Waals surface area contributed by atoms with E-state index in [4.69, 9.17) is 5.73 Å². The SMILES string of the molecule is Cc1ccc(C)c(CN(C)Cc2cnc(N)s2)c1. The third kappa shape index (κ3) is 3.31. The summed E-state index contributed by atoms with van der Waals surface area (Å²) in [6.45, 7) is 6.13. The van der Waals surface area contributed by atoms with Gasteiger partial charge in [0.2, 0.25) is 0 Å². The van der Waals surface area contributed by atoms with E-state index in [2.05, 4.69) is 49.0 Å². The Morgan fingerprint density at radius 1 is 1.28 bits per heavy atom. The number of thiazole rings is 1. The third-order valence-electron chi connectivity index (χ3n) is 2.94. The van der Waals surface area contributed by atoms with Gasteiger partial charge >= 0.3 is 0 Å². The van der Waals surface area contributed by atoms with Gasteiger partial charge < -0.3 is 5.73 Å². The van der Waals surface area contributed by atoms with Crippen LogP contribution in [0.25, 0.3) is 0 Å². The summed E-state index contributed by atoms with van der Waals surface area (Å²) in [7, 11) is 2.12. The molecule has 0 unspecified atom stereocenters. The molecule has 1 aromatic carbocycles. The van der Waals surface area contributed by atoms with Crippen molar-refractivity contribution in [2.75, 3.05) is 12.8 Å². The fourth-order valence-electron chi connectivity index (χ4n) is 1.98. The van der Waals surface area contributed by atoms with Gasteiger partial charge in [-0.15, -0.1) is 11.3 Å². The van der Waals surface area contributed by atoms with Crippen LogP contribution >= 0.6 is 11.3 Å². The third-order valence-corrected chi connectivity index (χ3v) is 3.75. The molecule has 2 aromatic rings. The predicted molar refractivity (Wildman–Crippen MR) is 77.6 cm³/mol. The van der Waals surface area contributed by atoms with Crippen molar-refractivity contribution >= 4 is 16.5 Å². The molecule has 2 rings (SSSR count). The molecule has 0 atom stereocenters. The molecule has 0 aliphatic heterocycles. The highest BCUT2D eigenvalue weighted by molar-refractivity contribution is 7.15. The molecular weight excluding hydrogens is 242 g/mol. The van der Waals surface area contributed by atoms with Crippen molar-refractivity contribution in [3.05, 3.63) is 46.0 Å². The summed E-state index contributed by atoms with van der Waals surface area (Å²) >= 11 is 1.56. The van der Waals surface area contributed by atoms with Crippen LogP contribution < -0.4 is 5.73 Å². The first-order valence-electron chi connectivity index (χ1n) is 5.99. The van der Waals surface area contributed by atoms with Gasteiger partial charge in [-0.2, -0.15) is 0 Å². The van der Waals surface area contributed by atoms with E-state index in [1.54, 1.807) is 11.3 Å². The van der Waals surface area contributed by atoms with E-state index in [9.17, 15) is 0 Å². The molecule has 0 saturated carbocycles. The largest absolute Gasteiger partial charge is 0.375 e. The maximum absolute atomic E-state index is 5.64. The topological polar surface area (TPSA) is 42.2 Å². The molecule has 0 aliphatic carbocycles. The Labute approximate surface area is 112 Å². The summed E-state index contributed by atoms with van der Waals surface area (Å²) in [5.74, 6) is 0. The lowest BCUT2D eigenvalue weighted by Gasteiger charge is -2.17. The molecule has 0 radical (unpaired) electrons. The van der Waals surface area contributed by atoms with Gasteiger partial charge in [0.15, 0.2) is 5.13 Å². The minimum absolute atomic E-state index is 0.644. The second kappa shape index (κ2) is 5.50. The molecule has 0 spiro atoms. The van der Waals surface area contributed by atoms with Crippen molar-refractivity contribution in [2.24, 2.45) is 0 Å².